The normalized spacial score (nSPS) is 15.7. The molecule has 0 unspecified atom stereocenters. The molecule has 1 fully saturated rings. The van der Waals surface area contributed by atoms with Crippen molar-refractivity contribution in [2.24, 2.45) is 0 Å². The number of likely N-dealkylation sites (tertiary alicyclic amines) is 1. The predicted molar refractivity (Wildman–Crippen MR) is 112 cm³/mol. The number of methoxy groups -OCH3 is 1. The molecule has 0 radical (unpaired) electrons. The van der Waals surface area contributed by atoms with Gasteiger partial charge in [0.2, 0.25) is 0 Å². The number of hydrogen-bond acceptors (Lipinski definition) is 5. The van der Waals surface area contributed by atoms with E-state index < -0.39 is 50.9 Å². The Morgan fingerprint density at radius 3 is 2.39 bits per heavy atom. The van der Waals surface area contributed by atoms with E-state index in [9.17, 15) is 30.8 Å². The molecule has 2 aromatic carbocycles. The molecular formula is C21H20ClF4NO5S. The third-order valence-corrected chi connectivity index (χ3v) is 6.77. The molecule has 3 rings (SSSR count). The van der Waals surface area contributed by atoms with Gasteiger partial charge in [-0.25, -0.2) is 12.8 Å². The number of halogens is 5. The standard InChI is InChI=1S/C21H20ClF4NO5S/c1-11(21(24,25)26)32-15-7-8-16(33(3,29)30)19(31-2)17(15)20(28)27-9-12(10-27)13-5-4-6-14(23)18(13)22/h4-8,11-12H,9-10H2,1-3H3/t11-/m0/s1. The highest BCUT2D eigenvalue weighted by Gasteiger charge is 2.41. The molecule has 1 atom stereocenters. The van der Waals surface area contributed by atoms with Gasteiger partial charge >= 0.3 is 6.18 Å². The van der Waals surface area contributed by atoms with Crippen LogP contribution in [0, 0.1) is 5.82 Å². The molecule has 6 nitrogen and oxygen atoms in total. The van der Waals surface area contributed by atoms with Crippen LogP contribution in [0.15, 0.2) is 35.2 Å². The van der Waals surface area contributed by atoms with E-state index in [1.54, 1.807) is 6.07 Å². The summed E-state index contributed by atoms with van der Waals surface area (Å²) in [5, 5.41) is -0.0747. The summed E-state index contributed by atoms with van der Waals surface area (Å²) in [4.78, 5) is 14.1. The van der Waals surface area contributed by atoms with Gasteiger partial charge in [-0.3, -0.25) is 4.79 Å². The Bertz CT molecular complexity index is 1180. The van der Waals surface area contributed by atoms with Crippen molar-refractivity contribution in [3.8, 4) is 11.5 Å². The largest absolute Gasteiger partial charge is 0.494 e. The Kier molecular flexibility index (Phi) is 6.86. The third-order valence-electron chi connectivity index (χ3n) is 5.26. The van der Waals surface area contributed by atoms with E-state index in [2.05, 4.69) is 0 Å². The molecule has 1 saturated heterocycles. The fourth-order valence-electron chi connectivity index (χ4n) is 3.43. The summed E-state index contributed by atoms with van der Waals surface area (Å²) in [5.41, 5.74) is 0.0417. The van der Waals surface area contributed by atoms with Crippen molar-refractivity contribution >= 4 is 27.3 Å². The number of hydrogen-bond donors (Lipinski definition) is 0. The van der Waals surface area contributed by atoms with Crippen molar-refractivity contribution in [3.05, 3.63) is 52.3 Å². The monoisotopic (exact) mass is 509 g/mol. The highest BCUT2D eigenvalue weighted by atomic mass is 35.5. The molecule has 0 aromatic heterocycles. The van der Waals surface area contributed by atoms with Gasteiger partial charge in [-0.2, -0.15) is 13.2 Å². The number of rotatable bonds is 6. The van der Waals surface area contributed by atoms with Crippen molar-refractivity contribution < 1.29 is 40.2 Å². The minimum atomic E-state index is -4.72. The smallest absolute Gasteiger partial charge is 0.425 e. The van der Waals surface area contributed by atoms with Crippen LogP contribution < -0.4 is 9.47 Å². The van der Waals surface area contributed by atoms with Gasteiger partial charge in [-0.15, -0.1) is 0 Å². The average molecular weight is 510 g/mol. The Balaban J connectivity index is 1.99. The number of carbonyl (C=O) groups excluding carboxylic acids is 1. The topological polar surface area (TPSA) is 72.9 Å². The second-order valence-corrected chi connectivity index (χ2v) is 9.96. The molecule has 0 N–H and O–H groups in total. The summed E-state index contributed by atoms with van der Waals surface area (Å²) in [6.45, 7) is 0.932. The van der Waals surface area contributed by atoms with Gasteiger partial charge in [0.15, 0.2) is 21.7 Å². The highest BCUT2D eigenvalue weighted by molar-refractivity contribution is 7.90. The lowest BCUT2D eigenvalue weighted by atomic mass is 9.90. The van der Waals surface area contributed by atoms with Gasteiger partial charge in [-0.1, -0.05) is 23.7 Å². The molecule has 1 aliphatic rings. The molecule has 2 aromatic rings. The zero-order valence-corrected chi connectivity index (χ0v) is 19.3. The molecule has 0 bridgehead atoms. The number of sulfone groups is 1. The second-order valence-electron chi connectivity index (χ2n) is 7.59. The van der Waals surface area contributed by atoms with Crippen molar-refractivity contribution in [1.82, 2.24) is 4.90 Å². The highest BCUT2D eigenvalue weighted by Crippen LogP contribution is 2.40. The van der Waals surface area contributed by atoms with E-state index >= 15 is 0 Å². The van der Waals surface area contributed by atoms with Crippen LogP contribution in [0.1, 0.15) is 28.8 Å². The Hall–Kier alpha value is -2.53. The maximum Gasteiger partial charge on any atom is 0.425 e. The maximum atomic E-state index is 13.8. The first-order valence-corrected chi connectivity index (χ1v) is 11.9. The van der Waals surface area contributed by atoms with Crippen molar-refractivity contribution in [2.45, 2.75) is 30.0 Å². The molecule has 33 heavy (non-hydrogen) atoms. The quantitative estimate of drug-likeness (QED) is 0.538. The van der Waals surface area contributed by atoms with E-state index in [0.29, 0.717) is 5.56 Å². The SMILES string of the molecule is COc1c(S(C)(=O)=O)ccc(O[C@@H](C)C(F)(F)F)c1C(=O)N1CC(c2cccc(F)c2Cl)C1. The molecule has 0 spiro atoms. The minimum absolute atomic E-state index is 0.0747. The second kappa shape index (κ2) is 9.02. The number of benzene rings is 2. The van der Waals surface area contributed by atoms with E-state index in [4.69, 9.17) is 21.1 Å². The first-order chi connectivity index (χ1) is 15.3. The van der Waals surface area contributed by atoms with Crippen LogP contribution in [0.25, 0.3) is 0 Å². The zero-order chi connectivity index (χ0) is 24.7. The van der Waals surface area contributed by atoms with Crippen LogP contribution in [0.5, 0.6) is 11.5 Å². The molecule has 180 valence electrons. The summed E-state index contributed by atoms with van der Waals surface area (Å²) in [6, 6.07) is 6.30. The van der Waals surface area contributed by atoms with Crippen molar-refractivity contribution in [1.29, 1.82) is 0 Å². The van der Waals surface area contributed by atoms with Crippen LogP contribution in [-0.4, -0.2) is 58.0 Å². The Morgan fingerprint density at radius 1 is 1.21 bits per heavy atom. The average Bonchev–Trinajstić information content (AvgIpc) is 2.67. The molecule has 1 aliphatic heterocycles. The first kappa shape index (κ1) is 25.1. The number of alkyl halides is 3. The Morgan fingerprint density at radius 2 is 1.85 bits per heavy atom. The number of amides is 1. The zero-order valence-electron chi connectivity index (χ0n) is 17.7. The number of carbonyl (C=O) groups is 1. The molecule has 1 amide bonds. The summed E-state index contributed by atoms with van der Waals surface area (Å²) < 4.78 is 87.4. The molecule has 0 saturated carbocycles. The molecular weight excluding hydrogens is 490 g/mol. The summed E-state index contributed by atoms with van der Waals surface area (Å²) in [5.74, 6) is -2.59. The van der Waals surface area contributed by atoms with Gasteiger partial charge in [0, 0.05) is 25.3 Å². The van der Waals surface area contributed by atoms with Gasteiger partial charge in [0.25, 0.3) is 5.91 Å². The van der Waals surface area contributed by atoms with Crippen molar-refractivity contribution in [2.75, 3.05) is 26.5 Å². The first-order valence-electron chi connectivity index (χ1n) is 9.63. The minimum Gasteiger partial charge on any atom is -0.494 e. The van der Waals surface area contributed by atoms with E-state index in [-0.39, 0.29) is 28.9 Å². The van der Waals surface area contributed by atoms with Gasteiger partial charge < -0.3 is 14.4 Å². The predicted octanol–water partition coefficient (Wildman–Crippen LogP) is 4.46. The number of ether oxygens (including phenoxy) is 2. The maximum absolute atomic E-state index is 13.8. The summed E-state index contributed by atoms with van der Waals surface area (Å²) in [6.07, 6.45) is -6.11. The van der Waals surface area contributed by atoms with Crippen LogP contribution in [0.2, 0.25) is 5.02 Å². The van der Waals surface area contributed by atoms with E-state index in [1.807, 2.05) is 0 Å². The summed E-state index contributed by atoms with van der Waals surface area (Å²) >= 11 is 6.00. The van der Waals surface area contributed by atoms with Gasteiger partial charge in [0.1, 0.15) is 22.0 Å². The van der Waals surface area contributed by atoms with Crippen LogP contribution in [-0.2, 0) is 9.84 Å². The third kappa shape index (κ3) is 5.03. The molecule has 12 heteroatoms. The van der Waals surface area contributed by atoms with Gasteiger partial charge in [0.05, 0.1) is 12.1 Å². The van der Waals surface area contributed by atoms with E-state index in [1.165, 1.54) is 17.0 Å². The van der Waals surface area contributed by atoms with Crippen LogP contribution in [0.4, 0.5) is 17.6 Å². The van der Waals surface area contributed by atoms with E-state index in [0.717, 1.165) is 32.4 Å². The number of nitrogens with zero attached hydrogens (tertiary/aromatic N) is 1. The molecule has 0 aliphatic carbocycles. The van der Waals surface area contributed by atoms with Crippen LogP contribution >= 0.6 is 11.6 Å². The van der Waals surface area contributed by atoms with Crippen LogP contribution in [0.3, 0.4) is 0 Å². The molecule has 1 heterocycles. The fraction of sp³-hybridized carbons (Fsp3) is 0.381. The lowest BCUT2D eigenvalue weighted by Crippen LogP contribution is -2.48. The Labute approximate surface area is 193 Å². The van der Waals surface area contributed by atoms with Gasteiger partial charge in [-0.05, 0) is 30.7 Å². The van der Waals surface area contributed by atoms with Crippen molar-refractivity contribution in [3.63, 3.8) is 0 Å². The lowest BCUT2D eigenvalue weighted by Gasteiger charge is -2.40. The fourth-order valence-corrected chi connectivity index (χ4v) is 4.55. The summed E-state index contributed by atoms with van der Waals surface area (Å²) in [7, 11) is -2.79. The lowest BCUT2D eigenvalue weighted by molar-refractivity contribution is -0.189.